The summed E-state index contributed by atoms with van der Waals surface area (Å²) in [7, 11) is 2.61. The summed E-state index contributed by atoms with van der Waals surface area (Å²) in [5.74, 6) is -2.33. The lowest BCUT2D eigenvalue weighted by Crippen LogP contribution is -2.54. The lowest BCUT2D eigenvalue weighted by Gasteiger charge is -2.33. The van der Waals surface area contributed by atoms with Gasteiger partial charge in [0, 0.05) is 12.1 Å². The molecule has 2 fully saturated rings. The molecule has 0 amide bonds. The van der Waals surface area contributed by atoms with Crippen LogP contribution in [-0.2, 0) is 23.8 Å². The molecule has 23 heavy (non-hydrogen) atoms. The second-order valence-electron chi connectivity index (χ2n) is 5.98. The number of esters is 2. The van der Waals surface area contributed by atoms with Crippen molar-refractivity contribution in [2.75, 3.05) is 14.2 Å². The normalized spacial score (nSPS) is 39.6. The molecule has 122 valence electrons. The van der Waals surface area contributed by atoms with E-state index in [-0.39, 0.29) is 12.1 Å². The van der Waals surface area contributed by atoms with Crippen molar-refractivity contribution in [2.45, 2.75) is 30.7 Å². The minimum atomic E-state index is -0.701. The average Bonchev–Trinajstić information content (AvgIpc) is 3.32. The van der Waals surface area contributed by atoms with E-state index in [0.29, 0.717) is 0 Å². The van der Waals surface area contributed by atoms with E-state index in [1.54, 1.807) is 0 Å². The van der Waals surface area contributed by atoms with Crippen molar-refractivity contribution in [1.29, 1.82) is 0 Å². The average molecular weight is 319 g/mol. The summed E-state index contributed by atoms with van der Waals surface area (Å²) in [6.45, 7) is 0. The number of allylic oxidation sites excluding steroid dienone is 3. The number of carbonyl (C=O) groups is 2. The molecule has 3 heterocycles. The summed E-state index contributed by atoms with van der Waals surface area (Å²) >= 11 is 0. The Labute approximate surface area is 132 Å². The van der Waals surface area contributed by atoms with Crippen LogP contribution in [-0.4, -0.2) is 55.5 Å². The number of carbonyl (C=O) groups excluding carboxylic acids is 2. The molecule has 4 aliphatic rings. The smallest absolute Gasteiger partial charge is 0.312 e. The molecule has 2 bridgehead atoms. The predicted molar refractivity (Wildman–Crippen MR) is 75.8 cm³/mol. The first-order valence-electron chi connectivity index (χ1n) is 7.54. The highest BCUT2D eigenvalue weighted by atomic mass is 16.6. The van der Waals surface area contributed by atoms with Crippen molar-refractivity contribution in [3.8, 4) is 0 Å². The number of hydrogen-bond acceptors (Lipinski definition) is 8. The maximum absolute atomic E-state index is 12.2. The third kappa shape index (κ3) is 1.87. The van der Waals surface area contributed by atoms with E-state index in [0.717, 1.165) is 12.1 Å². The van der Waals surface area contributed by atoms with Gasteiger partial charge in [0.15, 0.2) is 0 Å². The molecule has 8 nitrogen and oxygen atoms in total. The summed E-state index contributed by atoms with van der Waals surface area (Å²) < 4.78 is 15.7. The van der Waals surface area contributed by atoms with Gasteiger partial charge in [0.1, 0.15) is 23.9 Å². The van der Waals surface area contributed by atoms with Gasteiger partial charge in [-0.15, -0.1) is 0 Å². The number of nitrogens with zero attached hydrogens (tertiary/aromatic N) is 3. The molecular formula is C15H17N3O5. The molecular weight excluding hydrogens is 302 g/mol. The Kier molecular flexibility index (Phi) is 3.22. The lowest BCUT2D eigenvalue weighted by atomic mass is 9.74. The van der Waals surface area contributed by atoms with E-state index < -0.39 is 36.0 Å². The fourth-order valence-corrected chi connectivity index (χ4v) is 4.02. The van der Waals surface area contributed by atoms with Gasteiger partial charge in [-0.3, -0.25) is 9.59 Å². The van der Waals surface area contributed by atoms with Crippen molar-refractivity contribution in [3.05, 3.63) is 23.9 Å². The number of rotatable bonds is 3. The van der Waals surface area contributed by atoms with Crippen LogP contribution >= 0.6 is 0 Å². The summed E-state index contributed by atoms with van der Waals surface area (Å²) in [5, 5.41) is 10.4. The standard InChI is InChI=1S/C15H17N3O5/c1-21-14(19)8-9(15(20)22-2)13-11-10(12(8)23-13)16-17-18(11)7-5-3-4-6-7/h3-5,8-13H,6H2,1-2H3. The predicted octanol–water partition coefficient (Wildman–Crippen LogP) is 0.610. The van der Waals surface area contributed by atoms with Crippen LogP contribution in [0.4, 0.5) is 0 Å². The highest BCUT2D eigenvalue weighted by molar-refractivity contribution is 5.84. The highest BCUT2D eigenvalue weighted by Gasteiger charge is 2.68. The third-order valence-electron chi connectivity index (χ3n) is 4.99. The molecule has 0 saturated carbocycles. The Morgan fingerprint density at radius 2 is 1.91 bits per heavy atom. The fourth-order valence-electron chi connectivity index (χ4n) is 4.02. The molecule has 0 aromatic heterocycles. The quantitative estimate of drug-likeness (QED) is 0.708. The lowest BCUT2D eigenvalue weighted by molar-refractivity contribution is -0.158. The van der Waals surface area contributed by atoms with Crippen LogP contribution in [0.2, 0.25) is 0 Å². The van der Waals surface area contributed by atoms with E-state index >= 15 is 0 Å². The van der Waals surface area contributed by atoms with Gasteiger partial charge in [-0.25, -0.2) is 5.01 Å². The van der Waals surface area contributed by atoms with Crippen molar-refractivity contribution in [2.24, 2.45) is 22.2 Å². The van der Waals surface area contributed by atoms with Crippen LogP contribution in [0, 0.1) is 11.8 Å². The molecule has 0 radical (unpaired) electrons. The first-order chi connectivity index (χ1) is 11.2. The van der Waals surface area contributed by atoms with Crippen molar-refractivity contribution < 1.29 is 23.8 Å². The summed E-state index contributed by atoms with van der Waals surface area (Å²) in [6, 6.07) is -0.456. The zero-order valence-electron chi connectivity index (χ0n) is 12.8. The monoisotopic (exact) mass is 319 g/mol. The van der Waals surface area contributed by atoms with Gasteiger partial charge in [0.25, 0.3) is 0 Å². The Morgan fingerprint density at radius 1 is 1.22 bits per heavy atom. The molecule has 2 saturated heterocycles. The maximum atomic E-state index is 12.2. The van der Waals surface area contributed by atoms with E-state index in [1.807, 2.05) is 23.2 Å². The van der Waals surface area contributed by atoms with Crippen molar-refractivity contribution in [3.63, 3.8) is 0 Å². The number of ether oxygens (including phenoxy) is 3. The van der Waals surface area contributed by atoms with Crippen LogP contribution in [0.1, 0.15) is 6.42 Å². The van der Waals surface area contributed by atoms with Crippen molar-refractivity contribution >= 4 is 11.9 Å². The van der Waals surface area contributed by atoms with E-state index in [9.17, 15) is 9.59 Å². The summed E-state index contributed by atoms with van der Waals surface area (Å²) in [5.41, 5.74) is 1.01. The minimum Gasteiger partial charge on any atom is -0.469 e. The van der Waals surface area contributed by atoms with Crippen LogP contribution < -0.4 is 0 Å². The topological polar surface area (TPSA) is 89.8 Å². The number of methoxy groups -OCH3 is 2. The van der Waals surface area contributed by atoms with Crippen LogP contribution in [0.25, 0.3) is 0 Å². The molecule has 6 atom stereocenters. The molecule has 1 aliphatic carbocycles. The Morgan fingerprint density at radius 3 is 2.52 bits per heavy atom. The molecule has 0 spiro atoms. The van der Waals surface area contributed by atoms with E-state index in [1.165, 1.54) is 14.2 Å². The zero-order valence-corrected chi connectivity index (χ0v) is 12.8. The first kappa shape index (κ1) is 14.4. The maximum Gasteiger partial charge on any atom is 0.312 e. The highest BCUT2D eigenvalue weighted by Crippen LogP contribution is 2.51. The molecule has 6 unspecified atom stereocenters. The zero-order chi connectivity index (χ0) is 16.1. The van der Waals surface area contributed by atoms with Crippen LogP contribution in [0.3, 0.4) is 0 Å². The third-order valence-corrected chi connectivity index (χ3v) is 4.99. The van der Waals surface area contributed by atoms with Gasteiger partial charge >= 0.3 is 11.9 Å². The summed E-state index contributed by atoms with van der Waals surface area (Å²) in [4.78, 5) is 24.4. The summed E-state index contributed by atoms with van der Waals surface area (Å²) in [6.07, 6.45) is 5.73. The molecule has 0 aromatic rings. The SMILES string of the molecule is COC(=O)C1C2OC(C1C(=O)OC)C1C2N=NN1C1=CC=CC1. The molecule has 3 aliphatic heterocycles. The molecule has 0 aromatic carbocycles. The molecule has 0 N–H and O–H groups in total. The number of fused-ring (bicyclic) bond motifs is 5. The van der Waals surface area contributed by atoms with E-state index in [4.69, 9.17) is 14.2 Å². The fraction of sp³-hybridized carbons (Fsp3) is 0.600. The van der Waals surface area contributed by atoms with Crippen LogP contribution in [0.5, 0.6) is 0 Å². The van der Waals surface area contributed by atoms with E-state index in [2.05, 4.69) is 10.3 Å². The van der Waals surface area contributed by atoms with Gasteiger partial charge < -0.3 is 14.2 Å². The Bertz CT molecular complexity index is 643. The van der Waals surface area contributed by atoms with Gasteiger partial charge in [-0.1, -0.05) is 17.4 Å². The number of hydrogen-bond donors (Lipinski definition) is 0. The molecule has 4 rings (SSSR count). The second-order valence-corrected chi connectivity index (χ2v) is 5.98. The second kappa shape index (κ2) is 5.16. The van der Waals surface area contributed by atoms with Crippen LogP contribution in [0.15, 0.2) is 34.3 Å². The van der Waals surface area contributed by atoms with Gasteiger partial charge in [0.05, 0.1) is 26.4 Å². The van der Waals surface area contributed by atoms with Gasteiger partial charge in [0.2, 0.25) is 0 Å². The largest absolute Gasteiger partial charge is 0.469 e. The Balaban J connectivity index is 1.66. The first-order valence-corrected chi connectivity index (χ1v) is 7.54. The molecule has 8 heteroatoms. The Hall–Kier alpha value is -2.22. The minimum absolute atomic E-state index is 0.184. The van der Waals surface area contributed by atoms with Crippen molar-refractivity contribution in [1.82, 2.24) is 5.01 Å². The van der Waals surface area contributed by atoms with Gasteiger partial charge in [-0.05, 0) is 6.08 Å². The van der Waals surface area contributed by atoms with Gasteiger partial charge in [-0.2, -0.15) is 5.11 Å².